The molecular formula is C19H31IN4OS. The van der Waals surface area contributed by atoms with E-state index in [0.29, 0.717) is 5.92 Å². The second-order valence-electron chi connectivity index (χ2n) is 6.87. The number of guanidine groups is 1. The number of thioether (sulfide) groups is 1. The van der Waals surface area contributed by atoms with Crippen molar-refractivity contribution >= 4 is 41.7 Å². The number of benzene rings is 1. The molecule has 5 nitrogen and oxygen atoms in total. The Hall–Kier alpha value is -0.670. The van der Waals surface area contributed by atoms with Gasteiger partial charge >= 0.3 is 0 Å². The third-order valence-electron chi connectivity index (χ3n) is 5.12. The van der Waals surface area contributed by atoms with Crippen molar-refractivity contribution in [3.8, 4) is 5.75 Å². The molecule has 0 saturated carbocycles. The maximum atomic E-state index is 6.16. The van der Waals surface area contributed by atoms with E-state index in [-0.39, 0.29) is 24.0 Å². The van der Waals surface area contributed by atoms with Crippen molar-refractivity contribution in [1.82, 2.24) is 9.80 Å². The maximum absolute atomic E-state index is 6.16. The first-order valence-corrected chi connectivity index (χ1v) is 10.4. The summed E-state index contributed by atoms with van der Waals surface area (Å²) in [6.45, 7) is 6.28. The minimum absolute atomic E-state index is 0. The highest BCUT2D eigenvalue weighted by molar-refractivity contribution is 14.0. The lowest BCUT2D eigenvalue weighted by molar-refractivity contribution is 0.180. The van der Waals surface area contributed by atoms with Crippen LogP contribution in [0, 0.1) is 5.92 Å². The Kier molecular flexibility index (Phi) is 9.35. The second-order valence-corrected chi connectivity index (χ2v) is 8.09. The molecule has 1 aromatic carbocycles. The van der Waals surface area contributed by atoms with Crippen LogP contribution in [0.4, 0.5) is 0 Å². The molecule has 2 saturated heterocycles. The van der Waals surface area contributed by atoms with Crippen molar-refractivity contribution in [3.63, 3.8) is 0 Å². The third kappa shape index (κ3) is 6.49. The number of nitrogens with two attached hydrogens (primary N) is 1. The van der Waals surface area contributed by atoms with Gasteiger partial charge in [0, 0.05) is 37.7 Å². The monoisotopic (exact) mass is 490 g/mol. The summed E-state index contributed by atoms with van der Waals surface area (Å²) in [6, 6.07) is 8.40. The lowest BCUT2D eigenvalue weighted by Crippen LogP contribution is -2.43. The van der Waals surface area contributed by atoms with Crippen LogP contribution in [0.1, 0.15) is 18.4 Å². The predicted molar refractivity (Wildman–Crippen MR) is 122 cm³/mol. The number of likely N-dealkylation sites (tertiary alicyclic amines) is 1. The fraction of sp³-hybridized carbons (Fsp3) is 0.632. The van der Waals surface area contributed by atoms with Gasteiger partial charge in [-0.3, -0.25) is 9.89 Å². The zero-order chi connectivity index (χ0) is 17.5. The second kappa shape index (κ2) is 11.2. The molecule has 2 N–H and O–H groups in total. The molecular weight excluding hydrogens is 459 g/mol. The van der Waals surface area contributed by atoms with Crippen LogP contribution in [0.15, 0.2) is 29.3 Å². The molecule has 2 heterocycles. The van der Waals surface area contributed by atoms with Gasteiger partial charge < -0.3 is 15.4 Å². The Morgan fingerprint density at radius 2 is 1.81 bits per heavy atom. The average Bonchev–Trinajstić information content (AvgIpc) is 2.68. The van der Waals surface area contributed by atoms with E-state index in [1.54, 1.807) is 7.11 Å². The minimum Gasteiger partial charge on any atom is -0.497 e. The molecule has 0 radical (unpaired) electrons. The van der Waals surface area contributed by atoms with E-state index in [1.807, 2.05) is 23.9 Å². The van der Waals surface area contributed by atoms with Crippen LogP contribution >= 0.6 is 35.7 Å². The number of halogens is 1. The van der Waals surface area contributed by atoms with E-state index < -0.39 is 0 Å². The molecule has 26 heavy (non-hydrogen) atoms. The van der Waals surface area contributed by atoms with Crippen molar-refractivity contribution in [2.24, 2.45) is 16.6 Å². The molecule has 3 rings (SSSR count). The van der Waals surface area contributed by atoms with Crippen molar-refractivity contribution in [3.05, 3.63) is 29.8 Å². The molecule has 2 aliphatic heterocycles. The van der Waals surface area contributed by atoms with Crippen LogP contribution in [0.5, 0.6) is 5.75 Å². The van der Waals surface area contributed by atoms with Crippen molar-refractivity contribution in [2.75, 3.05) is 51.3 Å². The first kappa shape index (κ1) is 21.6. The van der Waals surface area contributed by atoms with Crippen LogP contribution in [-0.2, 0) is 6.54 Å². The highest BCUT2D eigenvalue weighted by atomic mass is 127. The third-order valence-corrected chi connectivity index (χ3v) is 6.06. The first-order valence-electron chi connectivity index (χ1n) is 9.22. The highest BCUT2D eigenvalue weighted by Crippen LogP contribution is 2.20. The number of hydrogen-bond donors (Lipinski definition) is 1. The van der Waals surface area contributed by atoms with Gasteiger partial charge in [-0.1, -0.05) is 12.1 Å². The summed E-state index contributed by atoms with van der Waals surface area (Å²) in [5.74, 6) is 4.68. The molecule has 2 aliphatic rings. The molecule has 1 aromatic rings. The van der Waals surface area contributed by atoms with Gasteiger partial charge in [0.25, 0.3) is 0 Å². The Balaban J connectivity index is 0.00000243. The van der Waals surface area contributed by atoms with Crippen LogP contribution < -0.4 is 10.5 Å². The minimum atomic E-state index is 0. The Bertz CT molecular complexity index is 555. The molecule has 0 bridgehead atoms. The molecule has 146 valence electrons. The SMILES string of the molecule is COc1ccc(CN2CCC(CN=C(N)N3CCSCC3)CC2)cc1.I. The van der Waals surface area contributed by atoms with Gasteiger partial charge in [-0.2, -0.15) is 11.8 Å². The van der Waals surface area contributed by atoms with E-state index in [2.05, 4.69) is 26.9 Å². The quantitative estimate of drug-likeness (QED) is 0.391. The van der Waals surface area contributed by atoms with Crippen LogP contribution in [0.3, 0.4) is 0 Å². The summed E-state index contributed by atoms with van der Waals surface area (Å²) in [6.07, 6.45) is 2.42. The summed E-state index contributed by atoms with van der Waals surface area (Å²) in [4.78, 5) is 9.44. The van der Waals surface area contributed by atoms with Gasteiger partial charge in [0.1, 0.15) is 5.75 Å². The molecule has 0 aromatic heterocycles. The molecule has 0 unspecified atom stereocenters. The lowest BCUT2D eigenvalue weighted by atomic mass is 9.96. The number of methoxy groups -OCH3 is 1. The number of rotatable bonds is 5. The summed E-state index contributed by atoms with van der Waals surface area (Å²) in [7, 11) is 1.71. The zero-order valence-corrected chi connectivity index (χ0v) is 18.7. The van der Waals surface area contributed by atoms with E-state index in [0.717, 1.165) is 51.0 Å². The molecule has 2 fully saturated rings. The van der Waals surface area contributed by atoms with Gasteiger partial charge in [-0.05, 0) is 49.5 Å². The van der Waals surface area contributed by atoms with Crippen molar-refractivity contribution < 1.29 is 4.74 Å². The fourth-order valence-electron chi connectivity index (χ4n) is 3.43. The first-order chi connectivity index (χ1) is 12.2. The Morgan fingerprint density at radius 3 is 2.42 bits per heavy atom. The number of ether oxygens (including phenoxy) is 1. The smallest absolute Gasteiger partial charge is 0.191 e. The molecule has 0 spiro atoms. The van der Waals surface area contributed by atoms with Crippen molar-refractivity contribution in [2.45, 2.75) is 19.4 Å². The van der Waals surface area contributed by atoms with Crippen molar-refractivity contribution in [1.29, 1.82) is 0 Å². The summed E-state index contributed by atoms with van der Waals surface area (Å²) < 4.78 is 5.22. The number of piperidine rings is 1. The highest BCUT2D eigenvalue weighted by Gasteiger charge is 2.20. The molecule has 0 atom stereocenters. The topological polar surface area (TPSA) is 54.1 Å². The summed E-state index contributed by atoms with van der Waals surface area (Å²) >= 11 is 2.00. The standard InChI is InChI=1S/C19H30N4OS.HI/c1-24-18-4-2-17(3-5-18)15-22-8-6-16(7-9-22)14-21-19(20)23-10-12-25-13-11-23;/h2-5,16H,6-15H2,1H3,(H2,20,21);1H. The normalized spacial score (nSPS) is 19.9. The van der Waals surface area contributed by atoms with E-state index >= 15 is 0 Å². The molecule has 7 heteroatoms. The molecule has 0 amide bonds. The predicted octanol–water partition coefficient (Wildman–Crippen LogP) is 2.89. The van der Waals surface area contributed by atoms with Crippen LogP contribution in [0.2, 0.25) is 0 Å². The van der Waals surface area contributed by atoms with Gasteiger partial charge in [0.2, 0.25) is 0 Å². The van der Waals surface area contributed by atoms with E-state index in [1.165, 1.54) is 29.9 Å². The van der Waals surface area contributed by atoms with Gasteiger partial charge in [-0.15, -0.1) is 24.0 Å². The largest absolute Gasteiger partial charge is 0.497 e. The number of aliphatic imine (C=N–C) groups is 1. The van der Waals surface area contributed by atoms with Gasteiger partial charge in [0.15, 0.2) is 5.96 Å². The van der Waals surface area contributed by atoms with Crippen LogP contribution in [-0.4, -0.2) is 67.1 Å². The van der Waals surface area contributed by atoms with E-state index in [4.69, 9.17) is 10.5 Å². The number of nitrogens with zero attached hydrogens (tertiary/aromatic N) is 3. The maximum Gasteiger partial charge on any atom is 0.191 e. The number of hydrogen-bond acceptors (Lipinski definition) is 4. The van der Waals surface area contributed by atoms with Crippen LogP contribution in [0.25, 0.3) is 0 Å². The zero-order valence-electron chi connectivity index (χ0n) is 15.6. The molecule has 0 aliphatic carbocycles. The average molecular weight is 490 g/mol. The van der Waals surface area contributed by atoms with E-state index in [9.17, 15) is 0 Å². The Morgan fingerprint density at radius 1 is 1.15 bits per heavy atom. The van der Waals surface area contributed by atoms with Gasteiger partial charge in [0.05, 0.1) is 7.11 Å². The summed E-state index contributed by atoms with van der Waals surface area (Å²) in [5, 5.41) is 0. The van der Waals surface area contributed by atoms with Gasteiger partial charge in [-0.25, -0.2) is 0 Å². The Labute approximate surface area is 178 Å². The lowest BCUT2D eigenvalue weighted by Gasteiger charge is -2.32. The summed E-state index contributed by atoms with van der Waals surface area (Å²) in [5.41, 5.74) is 7.52. The fourth-order valence-corrected chi connectivity index (χ4v) is 4.33.